The first-order valence-corrected chi connectivity index (χ1v) is 8.42. The van der Waals surface area contributed by atoms with Gasteiger partial charge in [0.1, 0.15) is 11.4 Å². The molecule has 2 saturated heterocycles. The molecule has 0 aliphatic carbocycles. The normalized spacial score (nSPS) is 26.5. The van der Waals surface area contributed by atoms with E-state index in [2.05, 4.69) is 40.2 Å². The molecule has 1 aromatic carbocycles. The van der Waals surface area contributed by atoms with Crippen LogP contribution in [0.4, 0.5) is 0 Å². The van der Waals surface area contributed by atoms with Crippen molar-refractivity contribution in [1.82, 2.24) is 9.88 Å². The maximum absolute atomic E-state index is 6.37. The molecule has 0 spiro atoms. The van der Waals surface area contributed by atoms with Crippen molar-refractivity contribution < 1.29 is 4.74 Å². The lowest BCUT2D eigenvalue weighted by Crippen LogP contribution is -2.43. The lowest BCUT2D eigenvalue weighted by Gasteiger charge is -2.34. The first-order valence-electron chi connectivity index (χ1n) is 8.42. The third kappa shape index (κ3) is 3.30. The Kier molecular flexibility index (Phi) is 3.88. The van der Waals surface area contributed by atoms with Crippen LogP contribution in [0.25, 0.3) is 12.2 Å². The van der Waals surface area contributed by atoms with Crippen LogP contribution in [0.1, 0.15) is 30.5 Å². The summed E-state index contributed by atoms with van der Waals surface area (Å²) >= 11 is 0. The summed E-state index contributed by atoms with van der Waals surface area (Å²) in [6.07, 6.45) is 9.53. The molecular formula is C20H22N2O. The molecule has 0 amide bonds. The topological polar surface area (TPSA) is 25.4 Å². The third-order valence-electron chi connectivity index (χ3n) is 4.85. The summed E-state index contributed by atoms with van der Waals surface area (Å²) in [5.74, 6) is 0.990. The Balaban J connectivity index is 1.43. The Bertz CT molecular complexity index is 677. The molecule has 4 rings (SSSR count). The van der Waals surface area contributed by atoms with Gasteiger partial charge in [-0.15, -0.1) is 0 Å². The van der Waals surface area contributed by atoms with Crippen LogP contribution in [0.3, 0.4) is 0 Å². The van der Waals surface area contributed by atoms with Gasteiger partial charge >= 0.3 is 0 Å². The Labute approximate surface area is 137 Å². The highest BCUT2D eigenvalue weighted by Gasteiger charge is 2.42. The fourth-order valence-corrected chi connectivity index (χ4v) is 3.63. The Morgan fingerprint density at radius 3 is 2.74 bits per heavy atom. The molecule has 23 heavy (non-hydrogen) atoms. The first kappa shape index (κ1) is 14.5. The maximum atomic E-state index is 6.37. The second kappa shape index (κ2) is 6.17. The van der Waals surface area contributed by atoms with Gasteiger partial charge in [0.05, 0.1) is 5.69 Å². The number of rotatable bonds is 4. The molecule has 2 fully saturated rings. The quantitative estimate of drug-likeness (QED) is 0.857. The van der Waals surface area contributed by atoms with Crippen LogP contribution in [-0.4, -0.2) is 35.1 Å². The number of pyridine rings is 1. The summed E-state index contributed by atoms with van der Waals surface area (Å²) in [5, 5.41) is 0. The lowest BCUT2D eigenvalue weighted by molar-refractivity contribution is 0.0453. The van der Waals surface area contributed by atoms with Crippen LogP contribution >= 0.6 is 0 Å². The predicted molar refractivity (Wildman–Crippen MR) is 93.3 cm³/mol. The average Bonchev–Trinajstić information content (AvgIpc) is 2.89. The molecule has 3 heterocycles. The van der Waals surface area contributed by atoms with Crippen molar-refractivity contribution in [2.24, 2.45) is 0 Å². The largest absolute Gasteiger partial charge is 0.486 e. The highest BCUT2D eigenvalue weighted by atomic mass is 16.5. The van der Waals surface area contributed by atoms with Crippen LogP contribution < -0.4 is 4.74 Å². The molecule has 118 valence electrons. The Morgan fingerprint density at radius 1 is 1.00 bits per heavy atom. The molecule has 2 bridgehead atoms. The van der Waals surface area contributed by atoms with Crippen molar-refractivity contribution in [3.8, 4) is 5.75 Å². The van der Waals surface area contributed by atoms with Gasteiger partial charge in [-0.2, -0.15) is 0 Å². The Morgan fingerprint density at radius 2 is 1.91 bits per heavy atom. The van der Waals surface area contributed by atoms with Crippen molar-refractivity contribution in [3.05, 3.63) is 59.9 Å². The van der Waals surface area contributed by atoms with Crippen molar-refractivity contribution in [2.45, 2.75) is 24.9 Å². The van der Waals surface area contributed by atoms with Gasteiger partial charge in [-0.1, -0.05) is 24.3 Å². The summed E-state index contributed by atoms with van der Waals surface area (Å²) in [6, 6.07) is 14.3. The van der Waals surface area contributed by atoms with Gasteiger partial charge < -0.3 is 4.74 Å². The van der Waals surface area contributed by atoms with Gasteiger partial charge in [0.2, 0.25) is 0 Å². The van der Waals surface area contributed by atoms with Gasteiger partial charge in [0.25, 0.3) is 0 Å². The summed E-state index contributed by atoms with van der Waals surface area (Å²) in [6.45, 7) is 3.52. The molecule has 1 aromatic heterocycles. The van der Waals surface area contributed by atoms with Gasteiger partial charge in [0.15, 0.2) is 0 Å². The van der Waals surface area contributed by atoms with E-state index in [-0.39, 0.29) is 5.60 Å². The van der Waals surface area contributed by atoms with Crippen molar-refractivity contribution in [2.75, 3.05) is 19.6 Å². The Hall–Kier alpha value is -2.13. The SMILES string of the molecule is C(=C\c1ccccn1)/c1ccc(O[C@]23CCCN(CC2)C3)cc1. The number of piperidine rings is 1. The summed E-state index contributed by atoms with van der Waals surface area (Å²) in [4.78, 5) is 6.82. The second-order valence-electron chi connectivity index (χ2n) is 6.57. The van der Waals surface area contributed by atoms with E-state index in [0.29, 0.717) is 0 Å². The smallest absolute Gasteiger partial charge is 0.123 e. The summed E-state index contributed by atoms with van der Waals surface area (Å²) < 4.78 is 6.37. The van der Waals surface area contributed by atoms with Crippen LogP contribution in [0.2, 0.25) is 0 Å². The van der Waals surface area contributed by atoms with Gasteiger partial charge in [-0.3, -0.25) is 9.88 Å². The van der Waals surface area contributed by atoms with E-state index in [4.69, 9.17) is 4.74 Å². The van der Waals surface area contributed by atoms with Crippen LogP contribution in [-0.2, 0) is 0 Å². The summed E-state index contributed by atoms with van der Waals surface area (Å²) in [5.41, 5.74) is 2.20. The van der Waals surface area contributed by atoms with Gasteiger partial charge in [-0.25, -0.2) is 0 Å². The van der Waals surface area contributed by atoms with Gasteiger partial charge in [-0.05, 0) is 55.3 Å². The predicted octanol–water partition coefficient (Wildman–Crippen LogP) is 3.87. The number of hydrogen-bond acceptors (Lipinski definition) is 3. The number of aromatic nitrogens is 1. The van der Waals surface area contributed by atoms with E-state index in [0.717, 1.165) is 30.0 Å². The molecule has 2 aliphatic heterocycles. The van der Waals surface area contributed by atoms with Crippen LogP contribution in [0.5, 0.6) is 5.75 Å². The third-order valence-corrected chi connectivity index (χ3v) is 4.85. The number of ether oxygens (including phenoxy) is 1. The number of fused-ring (bicyclic) bond motifs is 2. The molecular weight excluding hydrogens is 284 g/mol. The molecule has 2 aromatic rings. The van der Waals surface area contributed by atoms with E-state index < -0.39 is 0 Å². The molecule has 2 atom stereocenters. The minimum Gasteiger partial charge on any atom is -0.486 e. The molecule has 2 aliphatic rings. The zero-order valence-corrected chi connectivity index (χ0v) is 13.3. The fraction of sp³-hybridized carbons (Fsp3) is 0.350. The van der Waals surface area contributed by atoms with Crippen molar-refractivity contribution >= 4 is 12.2 Å². The lowest BCUT2D eigenvalue weighted by atomic mass is 9.94. The monoisotopic (exact) mass is 306 g/mol. The number of benzene rings is 1. The molecule has 3 heteroatoms. The first-order chi connectivity index (χ1) is 11.3. The average molecular weight is 306 g/mol. The fourth-order valence-electron chi connectivity index (χ4n) is 3.63. The van der Waals surface area contributed by atoms with Crippen molar-refractivity contribution in [1.29, 1.82) is 0 Å². The van der Waals surface area contributed by atoms with E-state index in [1.165, 1.54) is 25.9 Å². The molecule has 3 nitrogen and oxygen atoms in total. The molecule has 0 N–H and O–H groups in total. The van der Waals surface area contributed by atoms with E-state index in [1.54, 1.807) is 0 Å². The molecule has 0 radical (unpaired) electrons. The van der Waals surface area contributed by atoms with Crippen LogP contribution in [0, 0.1) is 0 Å². The highest BCUT2D eigenvalue weighted by molar-refractivity contribution is 5.68. The minimum absolute atomic E-state index is 0.0591. The minimum atomic E-state index is 0.0591. The zero-order chi connectivity index (χ0) is 15.5. The highest BCUT2D eigenvalue weighted by Crippen LogP contribution is 2.35. The summed E-state index contributed by atoms with van der Waals surface area (Å²) in [7, 11) is 0. The van der Waals surface area contributed by atoms with Gasteiger partial charge in [0, 0.05) is 25.7 Å². The van der Waals surface area contributed by atoms with Crippen LogP contribution in [0.15, 0.2) is 48.7 Å². The number of hydrogen-bond donors (Lipinski definition) is 0. The van der Waals surface area contributed by atoms with Crippen molar-refractivity contribution in [3.63, 3.8) is 0 Å². The zero-order valence-electron chi connectivity index (χ0n) is 13.3. The molecule has 0 saturated carbocycles. The second-order valence-corrected chi connectivity index (χ2v) is 6.57. The molecule has 1 unspecified atom stereocenters. The van der Waals surface area contributed by atoms with E-state index in [1.807, 2.05) is 30.5 Å². The standard InChI is InChI=1S/C20H22N2O/c1-2-13-21-18(4-1)8-5-17-6-9-19(10-7-17)23-20-11-3-14-22(16-20)15-12-20/h1-2,4-10,13H,3,11-12,14-16H2/b8-5+/t20-/m1/s1. The maximum Gasteiger partial charge on any atom is 0.123 e. The van der Waals surface area contributed by atoms with E-state index >= 15 is 0 Å². The number of nitrogens with zero attached hydrogens (tertiary/aromatic N) is 2. The van der Waals surface area contributed by atoms with E-state index in [9.17, 15) is 0 Å².